The van der Waals surface area contributed by atoms with Gasteiger partial charge in [0.05, 0.1) is 12.7 Å². The third kappa shape index (κ3) is 6.61. The Morgan fingerprint density at radius 1 is 1.47 bits per heavy atom. The molecule has 17 heavy (non-hydrogen) atoms. The fraction of sp³-hybridized carbons (Fsp3) is 0.917. The van der Waals surface area contributed by atoms with E-state index in [0.29, 0.717) is 13.0 Å². The first-order valence-electron chi connectivity index (χ1n) is 6.20. The minimum atomic E-state index is -0.982. The van der Waals surface area contributed by atoms with E-state index in [2.05, 4.69) is 12.2 Å². The number of nitrogens with one attached hydrogen (secondary N) is 1. The van der Waals surface area contributed by atoms with Crippen molar-refractivity contribution in [1.29, 1.82) is 0 Å². The zero-order valence-electron chi connectivity index (χ0n) is 11.0. The molecule has 0 saturated carbocycles. The number of hydrogen-bond donors (Lipinski definition) is 3. The van der Waals surface area contributed by atoms with Crippen LogP contribution < -0.4 is 5.32 Å². The number of ether oxygens (including phenoxy) is 1. The Morgan fingerprint density at radius 3 is 2.59 bits per heavy atom. The van der Waals surface area contributed by atoms with Gasteiger partial charge in [0.15, 0.2) is 0 Å². The number of carbonyl (C=O) groups is 1. The number of aliphatic hydroxyl groups excluding tert-OH is 1. The second-order valence-corrected chi connectivity index (χ2v) is 4.45. The van der Waals surface area contributed by atoms with Gasteiger partial charge in [0.1, 0.15) is 5.54 Å². The smallest absolute Gasteiger partial charge is 0.323 e. The average Bonchev–Trinajstić information content (AvgIpc) is 2.31. The van der Waals surface area contributed by atoms with Crippen LogP contribution in [0.1, 0.15) is 40.0 Å². The lowest BCUT2D eigenvalue weighted by atomic mass is 9.99. The van der Waals surface area contributed by atoms with Gasteiger partial charge in [-0.1, -0.05) is 20.3 Å². The fourth-order valence-corrected chi connectivity index (χ4v) is 1.22. The van der Waals surface area contributed by atoms with E-state index in [-0.39, 0.29) is 13.2 Å². The maximum absolute atomic E-state index is 11.0. The summed E-state index contributed by atoms with van der Waals surface area (Å²) >= 11 is 0. The van der Waals surface area contributed by atoms with Gasteiger partial charge in [-0.15, -0.1) is 0 Å². The highest BCUT2D eigenvalue weighted by atomic mass is 16.5. The van der Waals surface area contributed by atoms with E-state index in [1.807, 2.05) is 0 Å². The standard InChI is InChI=1S/C12H25NO4/c1-4-6-7-17-9-10(14)8-13-12(3,5-2)11(15)16/h10,13-14H,4-9H2,1-3H3,(H,15,16). The number of carboxylic acids is 1. The Kier molecular flexibility index (Phi) is 8.12. The lowest BCUT2D eigenvalue weighted by Crippen LogP contribution is -2.51. The monoisotopic (exact) mass is 247 g/mol. The molecule has 0 aliphatic rings. The largest absolute Gasteiger partial charge is 0.480 e. The minimum Gasteiger partial charge on any atom is -0.480 e. The van der Waals surface area contributed by atoms with Crippen LogP contribution in [0, 0.1) is 0 Å². The predicted molar refractivity (Wildman–Crippen MR) is 66.1 cm³/mol. The molecule has 0 radical (unpaired) electrons. The van der Waals surface area contributed by atoms with Gasteiger partial charge in [0.2, 0.25) is 0 Å². The predicted octanol–water partition coefficient (Wildman–Crippen LogP) is 1.01. The van der Waals surface area contributed by atoms with E-state index in [0.717, 1.165) is 12.8 Å². The van der Waals surface area contributed by atoms with Crippen molar-refractivity contribution in [2.45, 2.75) is 51.7 Å². The topological polar surface area (TPSA) is 78.8 Å². The molecule has 0 aromatic rings. The van der Waals surface area contributed by atoms with Gasteiger partial charge >= 0.3 is 5.97 Å². The normalized spacial score (nSPS) is 16.5. The summed E-state index contributed by atoms with van der Waals surface area (Å²) in [5, 5.41) is 21.5. The number of aliphatic hydroxyl groups is 1. The van der Waals surface area contributed by atoms with Crippen molar-refractivity contribution in [2.75, 3.05) is 19.8 Å². The van der Waals surface area contributed by atoms with Crippen molar-refractivity contribution in [2.24, 2.45) is 0 Å². The molecule has 5 heteroatoms. The van der Waals surface area contributed by atoms with E-state index in [1.165, 1.54) is 0 Å². The highest BCUT2D eigenvalue weighted by molar-refractivity contribution is 5.78. The van der Waals surface area contributed by atoms with E-state index in [9.17, 15) is 9.90 Å². The van der Waals surface area contributed by atoms with Crippen LogP contribution >= 0.6 is 0 Å². The number of unbranched alkanes of at least 4 members (excludes halogenated alkanes) is 1. The van der Waals surface area contributed by atoms with Crippen molar-refractivity contribution in [1.82, 2.24) is 5.32 Å². The molecule has 0 bridgehead atoms. The van der Waals surface area contributed by atoms with E-state index in [4.69, 9.17) is 9.84 Å². The van der Waals surface area contributed by atoms with Crippen LogP contribution in [0.2, 0.25) is 0 Å². The minimum absolute atomic E-state index is 0.225. The van der Waals surface area contributed by atoms with Gasteiger partial charge in [-0.25, -0.2) is 0 Å². The van der Waals surface area contributed by atoms with Crippen LogP contribution in [0.3, 0.4) is 0 Å². The Hall–Kier alpha value is -0.650. The quantitative estimate of drug-likeness (QED) is 0.502. The molecule has 0 heterocycles. The van der Waals surface area contributed by atoms with Crippen molar-refractivity contribution < 1.29 is 19.7 Å². The molecule has 0 saturated heterocycles. The molecule has 0 spiro atoms. The van der Waals surface area contributed by atoms with Crippen molar-refractivity contribution in [3.63, 3.8) is 0 Å². The number of rotatable bonds is 10. The number of aliphatic carboxylic acids is 1. The van der Waals surface area contributed by atoms with Gasteiger partial charge in [-0.05, 0) is 19.8 Å². The van der Waals surface area contributed by atoms with Crippen molar-refractivity contribution >= 4 is 5.97 Å². The number of β-amino-alcohol motifs (C(OH)–C–C–N with tert-alkyl or cyclic N) is 1. The van der Waals surface area contributed by atoms with Gasteiger partial charge in [0.25, 0.3) is 0 Å². The first kappa shape index (κ1) is 16.4. The van der Waals surface area contributed by atoms with Crippen LogP contribution in [0.25, 0.3) is 0 Å². The molecular weight excluding hydrogens is 222 g/mol. The van der Waals surface area contributed by atoms with Gasteiger partial charge in [-0.3, -0.25) is 10.1 Å². The number of hydrogen-bond acceptors (Lipinski definition) is 4. The lowest BCUT2D eigenvalue weighted by Gasteiger charge is -2.26. The summed E-state index contributed by atoms with van der Waals surface area (Å²) in [6.07, 6.45) is 1.83. The summed E-state index contributed by atoms with van der Waals surface area (Å²) in [6, 6.07) is 0. The van der Waals surface area contributed by atoms with Crippen LogP contribution in [-0.4, -0.2) is 47.6 Å². The summed E-state index contributed by atoms with van der Waals surface area (Å²) in [4.78, 5) is 11.0. The first-order valence-corrected chi connectivity index (χ1v) is 6.20. The Balaban J connectivity index is 3.81. The molecule has 102 valence electrons. The van der Waals surface area contributed by atoms with E-state index < -0.39 is 17.6 Å². The molecule has 0 rings (SSSR count). The molecule has 2 atom stereocenters. The molecule has 0 aliphatic heterocycles. The molecule has 2 unspecified atom stereocenters. The second-order valence-electron chi connectivity index (χ2n) is 4.45. The Labute approximate surface area is 103 Å². The summed E-state index contributed by atoms with van der Waals surface area (Å²) in [5.74, 6) is -0.904. The van der Waals surface area contributed by atoms with Crippen LogP contribution in [0.4, 0.5) is 0 Å². The molecule has 0 amide bonds. The van der Waals surface area contributed by atoms with Crippen molar-refractivity contribution in [3.8, 4) is 0 Å². The molecule has 3 N–H and O–H groups in total. The molecule has 0 aromatic carbocycles. The molecule has 0 fully saturated rings. The molecular formula is C12H25NO4. The Morgan fingerprint density at radius 2 is 2.12 bits per heavy atom. The highest BCUT2D eigenvalue weighted by Gasteiger charge is 2.30. The Bertz CT molecular complexity index is 223. The molecule has 0 aliphatic carbocycles. The van der Waals surface area contributed by atoms with Gasteiger partial charge in [-0.2, -0.15) is 0 Å². The van der Waals surface area contributed by atoms with Crippen LogP contribution in [0.15, 0.2) is 0 Å². The zero-order chi connectivity index (χ0) is 13.3. The molecule has 0 aromatic heterocycles. The maximum Gasteiger partial charge on any atom is 0.323 e. The average molecular weight is 247 g/mol. The zero-order valence-corrected chi connectivity index (χ0v) is 11.0. The fourth-order valence-electron chi connectivity index (χ4n) is 1.22. The summed E-state index contributed by atoms with van der Waals surface area (Å²) < 4.78 is 5.26. The van der Waals surface area contributed by atoms with Gasteiger partial charge < -0.3 is 14.9 Å². The third-order valence-corrected chi connectivity index (χ3v) is 2.86. The van der Waals surface area contributed by atoms with E-state index in [1.54, 1.807) is 13.8 Å². The van der Waals surface area contributed by atoms with Crippen molar-refractivity contribution in [3.05, 3.63) is 0 Å². The third-order valence-electron chi connectivity index (χ3n) is 2.86. The van der Waals surface area contributed by atoms with Crippen LogP contribution in [-0.2, 0) is 9.53 Å². The highest BCUT2D eigenvalue weighted by Crippen LogP contribution is 2.08. The first-order chi connectivity index (χ1) is 7.96. The SMILES string of the molecule is CCCCOCC(O)CNC(C)(CC)C(=O)O. The molecule has 5 nitrogen and oxygen atoms in total. The lowest BCUT2D eigenvalue weighted by molar-refractivity contribution is -0.144. The van der Waals surface area contributed by atoms with Gasteiger partial charge in [0, 0.05) is 13.2 Å². The summed E-state index contributed by atoms with van der Waals surface area (Å²) in [6.45, 7) is 6.58. The maximum atomic E-state index is 11.0. The summed E-state index contributed by atoms with van der Waals surface area (Å²) in [5.41, 5.74) is -0.982. The van der Waals surface area contributed by atoms with Crippen LogP contribution in [0.5, 0.6) is 0 Å². The summed E-state index contributed by atoms with van der Waals surface area (Å²) in [7, 11) is 0. The number of carboxylic acid groups (broad SMARTS) is 1. The van der Waals surface area contributed by atoms with E-state index >= 15 is 0 Å². The second kappa shape index (κ2) is 8.44.